The lowest BCUT2D eigenvalue weighted by Gasteiger charge is -2.37. The lowest BCUT2D eigenvalue weighted by molar-refractivity contribution is -0.122. The molecular formula is C22H20ClFN4O2. The van der Waals surface area contributed by atoms with E-state index in [0.29, 0.717) is 38.3 Å². The predicted molar refractivity (Wildman–Crippen MR) is 111 cm³/mol. The molecule has 30 heavy (non-hydrogen) atoms. The summed E-state index contributed by atoms with van der Waals surface area (Å²) in [6.45, 7) is 2.75. The average Bonchev–Trinajstić information content (AvgIpc) is 3.15. The maximum atomic E-state index is 13.2. The van der Waals surface area contributed by atoms with Crippen LogP contribution in [0.1, 0.15) is 22.3 Å². The third kappa shape index (κ3) is 3.89. The number of anilines is 1. The highest BCUT2D eigenvalue weighted by Crippen LogP contribution is 2.26. The van der Waals surface area contributed by atoms with Crippen LogP contribution in [-0.4, -0.2) is 60.4 Å². The maximum absolute atomic E-state index is 13.2. The van der Waals surface area contributed by atoms with Crippen molar-refractivity contribution in [2.75, 3.05) is 37.6 Å². The molecule has 0 aromatic heterocycles. The number of rotatable bonds is 3. The molecule has 2 aromatic carbocycles. The Labute approximate surface area is 179 Å². The van der Waals surface area contributed by atoms with E-state index < -0.39 is 5.82 Å². The van der Waals surface area contributed by atoms with Gasteiger partial charge >= 0.3 is 0 Å². The molecule has 1 atom stereocenters. The Hall–Kier alpha value is -2.95. The first-order valence-corrected chi connectivity index (χ1v) is 10.2. The van der Waals surface area contributed by atoms with Crippen LogP contribution in [0.15, 0.2) is 42.5 Å². The summed E-state index contributed by atoms with van der Waals surface area (Å²) in [5.74, 6) is -0.661. The minimum absolute atomic E-state index is 0.0427. The molecule has 2 aromatic rings. The largest absolute Gasteiger partial charge is 0.336 e. The van der Waals surface area contributed by atoms with E-state index in [1.54, 1.807) is 34.1 Å². The van der Waals surface area contributed by atoms with Crippen LogP contribution < -0.4 is 4.90 Å². The van der Waals surface area contributed by atoms with Gasteiger partial charge in [0.2, 0.25) is 5.91 Å². The van der Waals surface area contributed by atoms with Crippen LogP contribution in [0.25, 0.3) is 0 Å². The number of carbonyl (C=O) groups excluding carboxylic acids is 2. The number of carbonyl (C=O) groups is 2. The van der Waals surface area contributed by atoms with E-state index in [1.165, 1.54) is 12.1 Å². The van der Waals surface area contributed by atoms with E-state index in [9.17, 15) is 14.0 Å². The summed E-state index contributed by atoms with van der Waals surface area (Å²) < 4.78 is 13.2. The second kappa shape index (κ2) is 8.42. The molecule has 2 amide bonds. The third-order valence-corrected chi connectivity index (χ3v) is 6.00. The molecule has 0 N–H and O–H groups in total. The zero-order valence-corrected chi connectivity index (χ0v) is 17.0. The summed E-state index contributed by atoms with van der Waals surface area (Å²) in [4.78, 5) is 31.2. The Morgan fingerprint density at radius 1 is 1.07 bits per heavy atom. The Balaban J connectivity index is 1.37. The fourth-order valence-electron chi connectivity index (χ4n) is 4.05. The van der Waals surface area contributed by atoms with Crippen LogP contribution in [0.5, 0.6) is 0 Å². The molecule has 0 bridgehead atoms. The second-order valence-corrected chi connectivity index (χ2v) is 7.81. The Bertz CT molecular complexity index is 1010. The number of hydrogen-bond acceptors (Lipinski definition) is 4. The van der Waals surface area contributed by atoms with Crippen molar-refractivity contribution in [2.24, 2.45) is 0 Å². The van der Waals surface area contributed by atoms with Crippen LogP contribution >= 0.6 is 11.6 Å². The molecule has 6 nitrogen and oxygen atoms in total. The first-order valence-electron chi connectivity index (χ1n) is 9.78. The number of benzene rings is 2. The number of amides is 2. The summed E-state index contributed by atoms with van der Waals surface area (Å²) in [6.07, 6.45) is 0.719. The Morgan fingerprint density at radius 3 is 2.40 bits per heavy atom. The quantitative estimate of drug-likeness (QED) is 0.756. The van der Waals surface area contributed by atoms with Gasteiger partial charge in [0.1, 0.15) is 5.82 Å². The number of nitriles is 1. The molecule has 2 heterocycles. The fraction of sp³-hybridized carbons (Fsp3) is 0.318. The van der Waals surface area contributed by atoms with Gasteiger partial charge in [-0.3, -0.25) is 14.5 Å². The summed E-state index contributed by atoms with van der Waals surface area (Å²) in [5, 5.41) is 9.03. The number of piperazine rings is 1. The van der Waals surface area contributed by atoms with E-state index in [4.69, 9.17) is 16.9 Å². The Kier molecular flexibility index (Phi) is 5.71. The smallest absolute Gasteiger partial charge is 0.255 e. The molecule has 0 radical (unpaired) electrons. The van der Waals surface area contributed by atoms with Gasteiger partial charge in [0.25, 0.3) is 5.91 Å². The van der Waals surface area contributed by atoms with Crippen LogP contribution in [0.4, 0.5) is 10.1 Å². The molecule has 2 aliphatic heterocycles. The standard InChI is InChI=1S/C22H20ClFN4O2/c23-19-13-16(24)3-6-18(19)21(29)27-11-9-26(10-12-27)20-7-8-28(22(20)30)17-4-1-15(14-25)2-5-17/h1-6,13,20H,7-12H2. The molecule has 2 aliphatic rings. The first kappa shape index (κ1) is 20.3. The summed E-state index contributed by atoms with van der Waals surface area (Å²) in [7, 11) is 0. The third-order valence-electron chi connectivity index (χ3n) is 5.69. The van der Waals surface area contributed by atoms with Crippen molar-refractivity contribution in [1.82, 2.24) is 9.80 Å². The van der Waals surface area contributed by atoms with E-state index in [-0.39, 0.29) is 28.4 Å². The molecule has 1 unspecified atom stereocenters. The number of halogens is 2. The van der Waals surface area contributed by atoms with E-state index in [2.05, 4.69) is 11.0 Å². The van der Waals surface area contributed by atoms with Crippen LogP contribution in [0.3, 0.4) is 0 Å². The molecular weight excluding hydrogens is 407 g/mol. The fourth-order valence-corrected chi connectivity index (χ4v) is 4.29. The second-order valence-electron chi connectivity index (χ2n) is 7.41. The highest BCUT2D eigenvalue weighted by atomic mass is 35.5. The molecule has 2 saturated heterocycles. The van der Waals surface area contributed by atoms with Crippen LogP contribution in [0.2, 0.25) is 5.02 Å². The van der Waals surface area contributed by atoms with Gasteiger partial charge in [-0.1, -0.05) is 11.6 Å². The summed E-state index contributed by atoms with van der Waals surface area (Å²) >= 11 is 6.02. The highest BCUT2D eigenvalue weighted by Gasteiger charge is 2.38. The van der Waals surface area contributed by atoms with Crippen molar-refractivity contribution in [3.63, 3.8) is 0 Å². The average molecular weight is 427 g/mol. The van der Waals surface area contributed by atoms with Gasteiger partial charge in [-0.2, -0.15) is 5.26 Å². The van der Waals surface area contributed by atoms with Gasteiger partial charge in [-0.15, -0.1) is 0 Å². The van der Waals surface area contributed by atoms with Gasteiger partial charge in [0.05, 0.1) is 28.3 Å². The first-order chi connectivity index (χ1) is 14.5. The molecule has 154 valence electrons. The van der Waals surface area contributed by atoms with Crippen LogP contribution in [-0.2, 0) is 4.79 Å². The lowest BCUT2D eigenvalue weighted by atomic mass is 10.1. The molecule has 0 saturated carbocycles. The number of hydrogen-bond donors (Lipinski definition) is 0. The van der Waals surface area contributed by atoms with Gasteiger partial charge < -0.3 is 9.80 Å². The van der Waals surface area contributed by atoms with Crippen molar-refractivity contribution in [3.05, 3.63) is 64.4 Å². The minimum Gasteiger partial charge on any atom is -0.336 e. The van der Waals surface area contributed by atoms with E-state index in [1.807, 2.05) is 0 Å². The van der Waals surface area contributed by atoms with Gasteiger partial charge in [-0.05, 0) is 48.9 Å². The maximum Gasteiger partial charge on any atom is 0.255 e. The van der Waals surface area contributed by atoms with Crippen molar-refractivity contribution >= 4 is 29.1 Å². The topological polar surface area (TPSA) is 67.7 Å². The molecule has 4 rings (SSSR count). The zero-order valence-electron chi connectivity index (χ0n) is 16.2. The van der Waals surface area contributed by atoms with Crippen LogP contribution in [0, 0.1) is 17.1 Å². The lowest BCUT2D eigenvalue weighted by Crippen LogP contribution is -2.53. The van der Waals surface area contributed by atoms with Crippen molar-refractivity contribution in [3.8, 4) is 6.07 Å². The van der Waals surface area contributed by atoms with E-state index in [0.717, 1.165) is 18.2 Å². The van der Waals surface area contributed by atoms with Crippen molar-refractivity contribution in [2.45, 2.75) is 12.5 Å². The monoisotopic (exact) mass is 426 g/mol. The van der Waals surface area contributed by atoms with Gasteiger partial charge in [0.15, 0.2) is 0 Å². The predicted octanol–water partition coefficient (Wildman–Crippen LogP) is 2.91. The summed E-state index contributed by atoms with van der Waals surface area (Å²) in [6, 6.07) is 12.6. The van der Waals surface area contributed by atoms with E-state index >= 15 is 0 Å². The number of nitrogens with zero attached hydrogens (tertiary/aromatic N) is 4. The minimum atomic E-state index is -0.479. The highest BCUT2D eigenvalue weighted by molar-refractivity contribution is 6.33. The van der Waals surface area contributed by atoms with Crippen molar-refractivity contribution < 1.29 is 14.0 Å². The molecule has 0 spiro atoms. The SMILES string of the molecule is N#Cc1ccc(N2CCC(N3CCN(C(=O)c4ccc(F)cc4Cl)CC3)C2=O)cc1. The normalized spacial score (nSPS) is 19.8. The van der Waals surface area contributed by atoms with Gasteiger partial charge in [-0.25, -0.2) is 4.39 Å². The summed E-state index contributed by atoms with van der Waals surface area (Å²) in [5.41, 5.74) is 1.64. The Morgan fingerprint density at radius 2 is 1.77 bits per heavy atom. The molecule has 0 aliphatic carbocycles. The van der Waals surface area contributed by atoms with Gasteiger partial charge in [0, 0.05) is 38.4 Å². The zero-order chi connectivity index (χ0) is 21.3. The molecule has 8 heteroatoms. The van der Waals surface area contributed by atoms with Crippen molar-refractivity contribution in [1.29, 1.82) is 5.26 Å². The molecule has 2 fully saturated rings.